The van der Waals surface area contributed by atoms with Crippen LogP contribution in [0.4, 0.5) is 8.78 Å². The van der Waals surface area contributed by atoms with Crippen LogP contribution < -0.4 is 15.4 Å². The molecule has 1 amide bonds. The third-order valence-electron chi connectivity index (χ3n) is 4.99. The molecule has 174 valence electrons. The fourth-order valence-electron chi connectivity index (χ4n) is 3.36. The van der Waals surface area contributed by atoms with E-state index in [1.165, 1.54) is 25.3 Å². The molecule has 9 heteroatoms. The van der Waals surface area contributed by atoms with Gasteiger partial charge in [0.25, 0.3) is 5.91 Å². The number of carbonyl (C=O) groups is 1. The molecule has 3 aromatic rings. The molecule has 0 spiro atoms. The number of benzene rings is 2. The molecule has 1 aromatic heterocycles. The third-order valence-corrected chi connectivity index (χ3v) is 4.99. The SMILES string of the molecule is COc1cccc(F)c1C(=O)N[C@@H](CCCNC(=N)CF)c1ncc(-c2cccc(C)c2)o1. The molecule has 3 N–H and O–H groups in total. The first-order chi connectivity index (χ1) is 15.9. The van der Waals surface area contributed by atoms with E-state index in [1.54, 1.807) is 6.20 Å². The van der Waals surface area contributed by atoms with E-state index < -0.39 is 24.4 Å². The second-order valence-electron chi connectivity index (χ2n) is 7.46. The Morgan fingerprint density at radius 2 is 2.06 bits per heavy atom. The second kappa shape index (κ2) is 11.2. The summed E-state index contributed by atoms with van der Waals surface area (Å²) in [5, 5.41) is 12.8. The minimum Gasteiger partial charge on any atom is -0.496 e. The number of methoxy groups -OCH3 is 1. The number of aryl methyl sites for hydroxylation is 1. The Morgan fingerprint density at radius 1 is 1.27 bits per heavy atom. The maximum Gasteiger partial charge on any atom is 0.258 e. The number of nitrogens with zero attached hydrogens (tertiary/aromatic N) is 1. The van der Waals surface area contributed by atoms with E-state index in [2.05, 4.69) is 15.6 Å². The highest BCUT2D eigenvalue weighted by atomic mass is 19.1. The van der Waals surface area contributed by atoms with E-state index in [-0.39, 0.29) is 23.0 Å². The number of hydrogen-bond donors (Lipinski definition) is 3. The van der Waals surface area contributed by atoms with Crippen molar-refractivity contribution in [2.45, 2.75) is 25.8 Å². The fourth-order valence-corrected chi connectivity index (χ4v) is 3.36. The van der Waals surface area contributed by atoms with Gasteiger partial charge in [0.15, 0.2) is 5.76 Å². The highest BCUT2D eigenvalue weighted by molar-refractivity contribution is 5.97. The van der Waals surface area contributed by atoms with Crippen LogP contribution in [0.25, 0.3) is 11.3 Å². The number of alkyl halides is 1. The van der Waals surface area contributed by atoms with Crippen LogP contribution in [0.5, 0.6) is 5.75 Å². The van der Waals surface area contributed by atoms with Gasteiger partial charge in [-0.1, -0.05) is 29.8 Å². The molecule has 0 aliphatic heterocycles. The number of halogens is 2. The summed E-state index contributed by atoms with van der Waals surface area (Å²) in [5.41, 5.74) is 1.68. The highest BCUT2D eigenvalue weighted by Crippen LogP contribution is 2.27. The largest absolute Gasteiger partial charge is 0.496 e. The Labute approximate surface area is 190 Å². The fraction of sp³-hybridized carbons (Fsp3) is 0.292. The Kier molecular flexibility index (Phi) is 8.12. The van der Waals surface area contributed by atoms with Crippen molar-refractivity contribution in [2.75, 3.05) is 20.3 Å². The number of carbonyl (C=O) groups excluding carboxylic acids is 1. The summed E-state index contributed by atoms with van der Waals surface area (Å²) < 4.78 is 37.9. The first kappa shape index (κ1) is 23.9. The summed E-state index contributed by atoms with van der Waals surface area (Å²) in [6, 6.07) is 11.2. The van der Waals surface area contributed by atoms with Crippen molar-refractivity contribution >= 4 is 11.7 Å². The molecule has 0 radical (unpaired) electrons. The van der Waals surface area contributed by atoms with Crippen molar-refractivity contribution in [3.05, 3.63) is 71.5 Å². The van der Waals surface area contributed by atoms with Crippen LogP contribution in [0.15, 0.2) is 53.1 Å². The zero-order valence-electron chi connectivity index (χ0n) is 18.5. The van der Waals surface area contributed by atoms with Gasteiger partial charge < -0.3 is 19.8 Å². The van der Waals surface area contributed by atoms with Gasteiger partial charge in [-0.2, -0.15) is 0 Å². The topological polar surface area (TPSA) is 100 Å². The van der Waals surface area contributed by atoms with Gasteiger partial charge in [-0.15, -0.1) is 0 Å². The Morgan fingerprint density at radius 3 is 2.79 bits per heavy atom. The Bertz CT molecular complexity index is 1120. The van der Waals surface area contributed by atoms with Crippen molar-refractivity contribution < 1.29 is 22.7 Å². The van der Waals surface area contributed by atoms with Crippen molar-refractivity contribution in [3.8, 4) is 17.1 Å². The van der Waals surface area contributed by atoms with E-state index in [0.717, 1.165) is 11.1 Å². The summed E-state index contributed by atoms with van der Waals surface area (Å²) in [6.07, 6.45) is 2.41. The molecular weight excluding hydrogens is 430 g/mol. The van der Waals surface area contributed by atoms with E-state index in [1.807, 2.05) is 31.2 Å². The van der Waals surface area contributed by atoms with Crippen LogP contribution in [-0.2, 0) is 0 Å². The lowest BCUT2D eigenvalue weighted by atomic mass is 10.1. The summed E-state index contributed by atoms with van der Waals surface area (Å²) in [5.74, 6) is -0.697. The summed E-state index contributed by atoms with van der Waals surface area (Å²) >= 11 is 0. The molecule has 0 aliphatic carbocycles. The maximum absolute atomic E-state index is 14.4. The van der Waals surface area contributed by atoms with Crippen LogP contribution >= 0.6 is 0 Å². The minimum absolute atomic E-state index is 0.108. The number of amides is 1. The average molecular weight is 456 g/mol. The lowest BCUT2D eigenvalue weighted by molar-refractivity contribution is 0.0920. The smallest absolute Gasteiger partial charge is 0.258 e. The first-order valence-corrected chi connectivity index (χ1v) is 10.5. The van der Waals surface area contributed by atoms with Crippen LogP contribution in [0.2, 0.25) is 0 Å². The lowest BCUT2D eigenvalue weighted by Crippen LogP contribution is -2.31. The summed E-state index contributed by atoms with van der Waals surface area (Å²) in [6.45, 7) is 1.41. The number of oxazole rings is 1. The van der Waals surface area contributed by atoms with Crippen LogP contribution in [-0.4, -0.2) is 37.1 Å². The number of nitrogens with one attached hydrogen (secondary N) is 3. The number of rotatable bonds is 10. The second-order valence-corrected chi connectivity index (χ2v) is 7.46. The third kappa shape index (κ3) is 6.15. The monoisotopic (exact) mass is 456 g/mol. The number of amidine groups is 1. The molecule has 0 aliphatic rings. The zero-order chi connectivity index (χ0) is 23.8. The van der Waals surface area contributed by atoms with Crippen LogP contribution in [0.3, 0.4) is 0 Å². The molecule has 0 saturated heterocycles. The van der Waals surface area contributed by atoms with Crippen molar-refractivity contribution in [1.82, 2.24) is 15.6 Å². The van der Waals surface area contributed by atoms with Gasteiger partial charge in [0.2, 0.25) is 5.89 Å². The predicted octanol–water partition coefficient (Wildman–Crippen LogP) is 4.59. The molecule has 1 atom stereocenters. The lowest BCUT2D eigenvalue weighted by Gasteiger charge is -2.17. The summed E-state index contributed by atoms with van der Waals surface area (Å²) in [4.78, 5) is 17.3. The first-order valence-electron chi connectivity index (χ1n) is 10.5. The molecule has 2 aromatic carbocycles. The predicted molar refractivity (Wildman–Crippen MR) is 121 cm³/mol. The molecular formula is C24H26F2N4O3. The van der Waals surface area contributed by atoms with E-state index in [4.69, 9.17) is 14.6 Å². The maximum atomic E-state index is 14.4. The molecule has 0 fully saturated rings. The van der Waals surface area contributed by atoms with E-state index >= 15 is 0 Å². The van der Waals surface area contributed by atoms with Crippen molar-refractivity contribution in [2.24, 2.45) is 0 Å². The van der Waals surface area contributed by atoms with Crippen molar-refractivity contribution in [1.29, 1.82) is 5.41 Å². The number of aromatic nitrogens is 1. The molecule has 0 bridgehead atoms. The average Bonchev–Trinajstić information content (AvgIpc) is 3.30. The van der Waals surface area contributed by atoms with Crippen molar-refractivity contribution in [3.63, 3.8) is 0 Å². The van der Waals surface area contributed by atoms with Gasteiger partial charge in [-0.05, 0) is 38.0 Å². The van der Waals surface area contributed by atoms with Gasteiger partial charge in [-0.3, -0.25) is 10.2 Å². The van der Waals surface area contributed by atoms with Gasteiger partial charge >= 0.3 is 0 Å². The Balaban J connectivity index is 1.82. The van der Waals surface area contributed by atoms with Gasteiger partial charge in [0.05, 0.1) is 13.3 Å². The molecule has 33 heavy (non-hydrogen) atoms. The standard InChI is InChI=1S/C24H26F2N4O3/c1-15-6-3-7-16(12-15)20-14-29-24(33-20)18(9-5-11-28-21(27)13-25)30-23(31)22-17(26)8-4-10-19(22)32-2/h3-4,6-8,10,12,14,18H,5,9,11,13H2,1-2H3,(H2,27,28)(H,30,31)/t18-/m0/s1. The minimum atomic E-state index is -0.882. The number of hydrogen-bond acceptors (Lipinski definition) is 5. The molecule has 7 nitrogen and oxygen atoms in total. The van der Waals surface area contributed by atoms with Crippen LogP contribution in [0, 0.1) is 18.2 Å². The van der Waals surface area contributed by atoms with Gasteiger partial charge in [0, 0.05) is 12.1 Å². The molecule has 0 unspecified atom stereocenters. The Hall–Kier alpha value is -3.75. The van der Waals surface area contributed by atoms with E-state index in [9.17, 15) is 13.6 Å². The highest BCUT2D eigenvalue weighted by Gasteiger charge is 2.25. The molecule has 0 saturated carbocycles. The quantitative estimate of drug-likeness (QED) is 0.235. The van der Waals surface area contributed by atoms with E-state index in [0.29, 0.717) is 25.1 Å². The van der Waals surface area contributed by atoms with Gasteiger partial charge in [-0.25, -0.2) is 13.8 Å². The zero-order valence-corrected chi connectivity index (χ0v) is 18.5. The van der Waals surface area contributed by atoms with Crippen LogP contribution in [0.1, 0.15) is 40.7 Å². The molecule has 1 heterocycles. The van der Waals surface area contributed by atoms with Gasteiger partial charge in [0.1, 0.15) is 35.7 Å². The number of ether oxygens (including phenoxy) is 1. The normalized spacial score (nSPS) is 11.6. The molecule has 3 rings (SSSR count). The summed E-state index contributed by atoms with van der Waals surface area (Å²) in [7, 11) is 1.36.